The molecule has 2 aromatic carbocycles. The van der Waals surface area contributed by atoms with Gasteiger partial charge in [-0.2, -0.15) is 0 Å². The normalized spacial score (nSPS) is 21.1. The van der Waals surface area contributed by atoms with Crippen molar-refractivity contribution in [1.82, 2.24) is 69.1 Å². The van der Waals surface area contributed by atoms with E-state index in [9.17, 15) is 121 Å². The second-order valence-electron chi connectivity index (χ2n) is 27.5. The summed E-state index contributed by atoms with van der Waals surface area (Å²) in [5.41, 5.74) is 18.2. The average Bonchev–Trinajstić information content (AvgIpc) is 0.852. The summed E-state index contributed by atoms with van der Waals surface area (Å²) in [6.45, 7) is 1.12. The molecule has 0 unspecified atom stereocenters. The number of unbranched alkanes of at least 4 members (excludes halogenated alkanes) is 6. The number of para-hydroxylation sites is 1. The van der Waals surface area contributed by atoms with Crippen molar-refractivity contribution in [3.8, 4) is 0 Å². The van der Waals surface area contributed by atoms with Gasteiger partial charge in [-0.1, -0.05) is 76.6 Å². The summed E-state index contributed by atoms with van der Waals surface area (Å²) in [6, 6.07) is -10.6. The largest absolute Gasteiger partial charge is 0.481 e. The molecule has 3 rings (SSSR count). The third kappa shape index (κ3) is 35.0. The predicted molar refractivity (Wildman–Crippen MR) is 403 cm³/mol. The molecule has 13 atom stereocenters. The number of rotatable bonds is 36. The predicted octanol–water partition coefficient (Wildman–Crippen LogP) is -6.04. The average molecular weight is 1620 g/mol. The number of ketones is 1. The SMILES string of the molecule is CCCCCCCCCC(=O)N[C@@H](Cc1ccc(N(C)C)cc1)C(=O)N[C@@H](CC(N)=O)C(=O)N[C@@H](CC(=O)O)C(=O)N[C@@H]1C(=O)NCC(=O)N[C@@H](CCCN)C(=O)N[C@@H](CC(=O)O)C(=O)N[C@H](C)C(=O)N[C@@H](CC(=O)O)C(=O)NCC(=O)N[C@H](CO)C(=O)N[C@@H]([C@@H](C)CC(=O)O)C(=O)N[C@@H](CC(=O)c2ccccc2N)C(=O)O[C@@H]1C. The van der Waals surface area contributed by atoms with E-state index in [0.29, 0.717) is 18.4 Å². The number of cyclic esters (lactones) is 1. The molecule has 0 spiro atoms. The number of Topliss-reactive ketones (excluding diaryl/α,β-unsaturated/α-hetero) is 1. The highest BCUT2D eigenvalue weighted by Gasteiger charge is 2.41. The highest BCUT2D eigenvalue weighted by atomic mass is 16.5. The number of benzene rings is 2. The molecule has 1 aliphatic rings. The van der Waals surface area contributed by atoms with Crippen LogP contribution in [-0.2, 0) is 102 Å². The first-order valence-electron chi connectivity index (χ1n) is 36.9. The zero-order chi connectivity index (χ0) is 86.3. The Labute approximate surface area is 660 Å². The molecule has 0 aliphatic carbocycles. The summed E-state index contributed by atoms with van der Waals surface area (Å²) in [5.74, 6) is -29.7. The van der Waals surface area contributed by atoms with Gasteiger partial charge in [-0.15, -0.1) is 0 Å². The van der Waals surface area contributed by atoms with Gasteiger partial charge in [0.05, 0.1) is 51.8 Å². The van der Waals surface area contributed by atoms with E-state index in [1.807, 2.05) is 16.0 Å². The number of carbonyl (C=O) groups excluding carboxylic acids is 16. The van der Waals surface area contributed by atoms with Gasteiger partial charge < -0.3 is 121 Å². The van der Waals surface area contributed by atoms with Gasteiger partial charge >= 0.3 is 29.8 Å². The number of nitrogens with zero attached hydrogens (tertiary/aromatic N) is 1. The molecule has 43 nitrogen and oxygen atoms in total. The van der Waals surface area contributed by atoms with Crippen LogP contribution >= 0.6 is 0 Å². The van der Waals surface area contributed by atoms with Crippen LogP contribution in [0.4, 0.5) is 11.4 Å². The third-order valence-electron chi connectivity index (χ3n) is 17.7. The zero-order valence-electron chi connectivity index (χ0n) is 64.5. The number of aliphatic hydroxyl groups is 1. The number of nitrogen functional groups attached to an aromatic ring is 1. The van der Waals surface area contributed by atoms with E-state index in [-0.39, 0.29) is 37.1 Å². The fourth-order valence-corrected chi connectivity index (χ4v) is 11.4. The lowest BCUT2D eigenvalue weighted by atomic mass is 9.96. The van der Waals surface area contributed by atoms with E-state index in [4.69, 9.17) is 21.9 Å². The van der Waals surface area contributed by atoms with E-state index >= 15 is 0 Å². The molecule has 43 heteroatoms. The number of carboxylic acids is 4. The maximum absolute atomic E-state index is 14.8. The van der Waals surface area contributed by atoms with Crippen molar-refractivity contribution < 1.29 is 126 Å². The molecular weight excluding hydrogens is 1520 g/mol. The summed E-state index contributed by atoms with van der Waals surface area (Å²) in [4.78, 5) is 275. The van der Waals surface area contributed by atoms with Crippen molar-refractivity contribution in [2.75, 3.05) is 51.0 Å². The monoisotopic (exact) mass is 1620 g/mol. The van der Waals surface area contributed by atoms with Gasteiger partial charge in [-0.3, -0.25) is 91.1 Å². The van der Waals surface area contributed by atoms with E-state index in [1.54, 1.807) is 43.3 Å². The van der Waals surface area contributed by atoms with Crippen LogP contribution < -0.4 is 91.2 Å². The van der Waals surface area contributed by atoms with E-state index in [2.05, 4.69) is 60.1 Å². The number of carbonyl (C=O) groups is 20. The van der Waals surface area contributed by atoms with Crippen LogP contribution in [0.3, 0.4) is 0 Å². The lowest BCUT2D eigenvalue weighted by molar-refractivity contribution is -0.156. The summed E-state index contributed by atoms with van der Waals surface area (Å²) in [6.07, 6.45) is -3.86. The number of carboxylic acid groups (broad SMARTS) is 4. The smallest absolute Gasteiger partial charge is 0.329 e. The van der Waals surface area contributed by atoms with Crippen LogP contribution in [0.2, 0.25) is 0 Å². The van der Waals surface area contributed by atoms with Gasteiger partial charge in [0.1, 0.15) is 72.6 Å². The first-order chi connectivity index (χ1) is 54.2. The molecule has 24 N–H and O–H groups in total. The molecule has 0 aromatic heterocycles. The van der Waals surface area contributed by atoms with Gasteiger partial charge in [0.2, 0.25) is 82.7 Å². The fourth-order valence-electron chi connectivity index (χ4n) is 11.4. The molecule has 1 heterocycles. The number of anilines is 2. The Balaban J connectivity index is 2.30. The highest BCUT2D eigenvalue weighted by Crippen LogP contribution is 2.19. The quantitative estimate of drug-likeness (QED) is 0.0131. The number of hydrogen-bond acceptors (Lipinski definition) is 25. The number of aliphatic carboxylic acids is 4. The summed E-state index contributed by atoms with van der Waals surface area (Å²) in [7, 11) is 3.56. The first kappa shape index (κ1) is 96.8. The number of nitrogens with two attached hydrogens (primary N) is 3. The number of nitrogens with one attached hydrogen (secondary N) is 13. The first-order valence-corrected chi connectivity index (χ1v) is 36.9. The van der Waals surface area contributed by atoms with Gasteiger partial charge in [0.25, 0.3) is 0 Å². The number of aliphatic hydroxyl groups excluding tert-OH is 1. The summed E-state index contributed by atoms with van der Waals surface area (Å²) >= 11 is 0. The molecule has 2 aromatic rings. The molecule has 1 fully saturated rings. The second kappa shape index (κ2) is 49.1. The van der Waals surface area contributed by atoms with Gasteiger partial charge in [-0.05, 0) is 75.4 Å². The second-order valence-corrected chi connectivity index (χ2v) is 27.5. The molecule has 634 valence electrons. The van der Waals surface area contributed by atoms with Crippen molar-refractivity contribution in [2.45, 2.75) is 209 Å². The van der Waals surface area contributed by atoms with Crippen molar-refractivity contribution in [1.29, 1.82) is 0 Å². The zero-order valence-corrected chi connectivity index (χ0v) is 64.5. The Morgan fingerprint density at radius 3 is 1.63 bits per heavy atom. The Morgan fingerprint density at radius 1 is 0.548 bits per heavy atom. The minimum Gasteiger partial charge on any atom is -0.481 e. The Bertz CT molecular complexity index is 3820. The topological polar surface area (TPSA) is 689 Å². The van der Waals surface area contributed by atoms with E-state index in [1.165, 1.54) is 24.3 Å². The molecule has 0 radical (unpaired) electrons. The van der Waals surface area contributed by atoms with Crippen LogP contribution in [0.25, 0.3) is 0 Å². The summed E-state index contributed by atoms with van der Waals surface area (Å²) < 4.78 is 5.68. The van der Waals surface area contributed by atoms with Gasteiger partial charge in [0, 0.05) is 50.3 Å². The minimum absolute atomic E-state index is 0.0130. The van der Waals surface area contributed by atoms with Gasteiger partial charge in [-0.25, -0.2) is 4.79 Å². The number of amides is 14. The lowest BCUT2D eigenvalue weighted by Crippen LogP contribution is -2.62. The molecule has 1 aliphatic heterocycles. The summed E-state index contributed by atoms with van der Waals surface area (Å²) in [5, 5.41) is 78.0. The maximum Gasteiger partial charge on any atom is 0.329 e. The third-order valence-corrected chi connectivity index (χ3v) is 17.7. The van der Waals surface area contributed by atoms with Crippen LogP contribution in [0, 0.1) is 5.92 Å². The Hall–Kier alpha value is -12.4. The van der Waals surface area contributed by atoms with Crippen molar-refractivity contribution in [3.05, 3.63) is 59.7 Å². The maximum atomic E-state index is 14.8. The standard InChI is InChI=1S/C72H105N17O26/c1-7-8-9-10-11-12-13-20-53(93)80-44(27-39-21-23-40(24-22-39)89(5)6)66(108)83-45(29-52(75)92)67(109)85-48(32-59(102)103)68(110)88-61-38(4)115-72(114)49(28-51(91)41-17-14-15-18-42(41)74)86-71(113)60(36(2)26-56(96)97)87-69(111)50(35-90)81-55(95)33-76-63(105)46(30-57(98)99)82-62(104)37(3)78-65(107)47(31-58(100)101)84-64(106)43(19-16-25-73)79-54(94)34-77-70(61)112/h14-15,17-18,21-24,36-38,43-50,60-61,90H,7-13,16,19-20,25-35,73-74H2,1-6H3,(H2,75,92)(H,76,105)(H,77,112)(H,78,107)(H,79,94)(H,80,93)(H,81,95)(H,82,104)(H,83,108)(H,84,106)(H,85,109)(H,86,113)(H,87,111)(H,88,110)(H,96,97)(H,98,99)(H,100,101)(H,102,103)/t36-,37+,38+,43-,44-,45-,46-,47-,48-,49-,50+,60-,61-/m0/s1. The van der Waals surface area contributed by atoms with Crippen molar-refractivity contribution >= 4 is 130 Å². The van der Waals surface area contributed by atoms with Crippen LogP contribution in [-0.4, -0.2) is 257 Å². The molecule has 0 bridgehead atoms. The minimum atomic E-state index is -2.45. The number of hydrogen-bond donors (Lipinski definition) is 21. The number of esters is 1. The van der Waals surface area contributed by atoms with E-state index < -0.39 is 261 Å². The van der Waals surface area contributed by atoms with Gasteiger partial charge in [0.15, 0.2) is 5.78 Å². The molecule has 1 saturated heterocycles. The molecular formula is C72H105N17O26. The van der Waals surface area contributed by atoms with Crippen LogP contribution in [0.1, 0.15) is 146 Å². The van der Waals surface area contributed by atoms with Crippen molar-refractivity contribution in [3.63, 3.8) is 0 Å². The number of primary amides is 1. The van der Waals surface area contributed by atoms with Crippen LogP contribution in [0.5, 0.6) is 0 Å². The van der Waals surface area contributed by atoms with Crippen molar-refractivity contribution in [2.24, 2.45) is 17.4 Å². The molecule has 14 amide bonds. The fraction of sp³-hybridized carbons (Fsp3) is 0.556. The Morgan fingerprint density at radius 2 is 1.07 bits per heavy atom. The van der Waals surface area contributed by atoms with E-state index in [0.717, 1.165) is 58.6 Å². The highest BCUT2D eigenvalue weighted by molar-refractivity contribution is 6.05. The molecule has 0 saturated carbocycles. The Kier molecular flexibility index (Phi) is 41.3. The lowest BCUT2D eigenvalue weighted by Gasteiger charge is -2.30. The molecule has 115 heavy (non-hydrogen) atoms. The number of ether oxygens (including phenoxy) is 1. The van der Waals surface area contributed by atoms with Crippen LogP contribution in [0.15, 0.2) is 48.5 Å².